The molecular weight excluding hydrogens is 254 g/mol. The molecule has 0 amide bonds. The maximum Gasteiger partial charge on any atom is 0.0678 e. The summed E-state index contributed by atoms with van der Waals surface area (Å²) in [7, 11) is 0. The molecule has 0 aromatic carbocycles. The van der Waals surface area contributed by atoms with Crippen LogP contribution in [0.4, 0.5) is 5.69 Å². The van der Waals surface area contributed by atoms with Gasteiger partial charge in [0.25, 0.3) is 0 Å². The highest BCUT2D eigenvalue weighted by molar-refractivity contribution is 7.22. The van der Waals surface area contributed by atoms with E-state index in [0.29, 0.717) is 0 Å². The highest BCUT2D eigenvalue weighted by atomic mass is 32.1. The normalized spacial score (nSPS) is 10.8. The average Bonchev–Trinajstić information content (AvgIpc) is 2.95. The van der Waals surface area contributed by atoms with Crippen LogP contribution in [-0.4, -0.2) is 0 Å². The predicted molar refractivity (Wildman–Crippen MR) is 75.4 cm³/mol. The summed E-state index contributed by atoms with van der Waals surface area (Å²) in [5.74, 6) is 0. The summed E-state index contributed by atoms with van der Waals surface area (Å²) >= 11 is 5.23. The van der Waals surface area contributed by atoms with Crippen LogP contribution in [0.1, 0.15) is 0 Å². The fourth-order valence-corrected chi connectivity index (χ4v) is 4.37. The molecule has 80 valence electrons. The Balaban J connectivity index is 2.17. The van der Waals surface area contributed by atoms with Crippen molar-refractivity contribution >= 4 is 39.7 Å². The van der Waals surface area contributed by atoms with Crippen molar-refractivity contribution in [3.8, 4) is 20.2 Å². The first-order chi connectivity index (χ1) is 7.86. The minimum atomic E-state index is 0.880. The Morgan fingerprint density at radius 3 is 2.31 bits per heavy atom. The zero-order valence-electron chi connectivity index (χ0n) is 8.34. The van der Waals surface area contributed by atoms with Crippen LogP contribution in [0, 0.1) is 0 Å². The summed E-state index contributed by atoms with van der Waals surface area (Å²) in [6, 6.07) is 8.38. The van der Waals surface area contributed by atoms with Crippen molar-refractivity contribution in [2.75, 3.05) is 5.73 Å². The van der Waals surface area contributed by atoms with Crippen molar-refractivity contribution < 1.29 is 0 Å². The first kappa shape index (κ1) is 10.1. The van der Waals surface area contributed by atoms with E-state index in [4.69, 9.17) is 5.73 Å². The van der Waals surface area contributed by atoms with Crippen LogP contribution in [0.25, 0.3) is 20.2 Å². The zero-order valence-corrected chi connectivity index (χ0v) is 10.8. The van der Waals surface area contributed by atoms with E-state index in [-0.39, 0.29) is 0 Å². The molecule has 0 unspecified atom stereocenters. The highest BCUT2D eigenvalue weighted by Crippen LogP contribution is 2.43. The minimum Gasteiger partial charge on any atom is -0.398 e. The van der Waals surface area contributed by atoms with E-state index >= 15 is 0 Å². The van der Waals surface area contributed by atoms with Gasteiger partial charge in [0.15, 0.2) is 0 Å². The minimum absolute atomic E-state index is 0.880. The van der Waals surface area contributed by atoms with Crippen LogP contribution in [0.5, 0.6) is 0 Å². The molecule has 16 heavy (non-hydrogen) atoms. The third-order valence-corrected chi connectivity index (χ3v) is 5.27. The molecule has 0 aliphatic heterocycles. The average molecular weight is 263 g/mol. The fourth-order valence-electron chi connectivity index (χ4n) is 1.61. The molecule has 0 spiro atoms. The van der Waals surface area contributed by atoms with Crippen LogP contribution in [0.15, 0.2) is 40.4 Å². The topological polar surface area (TPSA) is 26.0 Å². The molecule has 3 aromatic rings. The summed E-state index contributed by atoms with van der Waals surface area (Å²) in [6.45, 7) is 0. The maximum absolute atomic E-state index is 5.97. The van der Waals surface area contributed by atoms with Gasteiger partial charge in [-0.15, -0.1) is 34.0 Å². The number of anilines is 1. The van der Waals surface area contributed by atoms with Gasteiger partial charge >= 0.3 is 0 Å². The molecule has 0 atom stereocenters. The predicted octanol–water partition coefficient (Wildman–Crippen LogP) is 4.79. The van der Waals surface area contributed by atoms with Gasteiger partial charge in [0.1, 0.15) is 0 Å². The van der Waals surface area contributed by atoms with Crippen LogP contribution in [0.3, 0.4) is 0 Å². The molecule has 0 saturated carbocycles. The lowest BCUT2D eigenvalue weighted by molar-refractivity contribution is 1.83. The maximum atomic E-state index is 5.97. The monoisotopic (exact) mass is 263 g/mol. The van der Waals surface area contributed by atoms with Crippen molar-refractivity contribution in [3.05, 3.63) is 40.4 Å². The molecule has 3 aromatic heterocycles. The lowest BCUT2D eigenvalue weighted by atomic mass is 10.2. The van der Waals surface area contributed by atoms with Crippen molar-refractivity contribution in [1.29, 1.82) is 0 Å². The van der Waals surface area contributed by atoms with E-state index in [0.717, 1.165) is 5.69 Å². The van der Waals surface area contributed by atoms with Gasteiger partial charge in [0, 0.05) is 10.4 Å². The van der Waals surface area contributed by atoms with Gasteiger partial charge < -0.3 is 5.73 Å². The van der Waals surface area contributed by atoms with Crippen LogP contribution < -0.4 is 5.73 Å². The number of hydrogen-bond acceptors (Lipinski definition) is 4. The molecular formula is C12H9NS3. The fraction of sp³-hybridized carbons (Fsp3) is 0. The zero-order chi connectivity index (χ0) is 11.0. The number of nitrogen functional groups attached to an aromatic ring is 1. The first-order valence-corrected chi connectivity index (χ1v) is 7.45. The van der Waals surface area contributed by atoms with Crippen LogP contribution in [-0.2, 0) is 0 Å². The molecule has 2 N–H and O–H groups in total. The van der Waals surface area contributed by atoms with Crippen molar-refractivity contribution in [1.82, 2.24) is 0 Å². The SMILES string of the molecule is Nc1ccsc1-c1sccc1-c1cccs1. The molecule has 0 saturated heterocycles. The molecule has 0 aliphatic rings. The van der Waals surface area contributed by atoms with Gasteiger partial charge in [-0.1, -0.05) is 6.07 Å². The van der Waals surface area contributed by atoms with E-state index in [2.05, 4.69) is 29.0 Å². The Bertz CT molecular complexity index is 589. The molecule has 0 radical (unpaired) electrons. The molecule has 3 rings (SSSR count). The van der Waals surface area contributed by atoms with E-state index in [1.54, 1.807) is 34.0 Å². The number of thiophene rings is 3. The Morgan fingerprint density at radius 1 is 0.812 bits per heavy atom. The smallest absolute Gasteiger partial charge is 0.0678 e. The van der Waals surface area contributed by atoms with E-state index in [1.165, 1.54) is 20.2 Å². The second kappa shape index (κ2) is 4.05. The second-order valence-electron chi connectivity index (χ2n) is 3.35. The Morgan fingerprint density at radius 2 is 1.62 bits per heavy atom. The third kappa shape index (κ3) is 1.59. The third-order valence-electron chi connectivity index (χ3n) is 2.35. The van der Waals surface area contributed by atoms with Gasteiger partial charge in [-0.05, 0) is 34.3 Å². The quantitative estimate of drug-likeness (QED) is 0.707. The Kier molecular flexibility index (Phi) is 2.55. The molecule has 0 bridgehead atoms. The van der Waals surface area contributed by atoms with Gasteiger partial charge in [-0.25, -0.2) is 0 Å². The summed E-state index contributed by atoms with van der Waals surface area (Å²) in [5, 5.41) is 6.28. The summed E-state index contributed by atoms with van der Waals surface area (Å²) in [5.41, 5.74) is 8.15. The van der Waals surface area contributed by atoms with Gasteiger partial charge in [-0.2, -0.15) is 0 Å². The Hall–Kier alpha value is -1.10. The second-order valence-corrected chi connectivity index (χ2v) is 6.13. The van der Waals surface area contributed by atoms with Gasteiger partial charge in [-0.3, -0.25) is 0 Å². The lowest BCUT2D eigenvalue weighted by Gasteiger charge is -2.00. The number of nitrogens with two attached hydrogens (primary N) is 1. The molecule has 0 aliphatic carbocycles. The molecule has 1 nitrogen and oxygen atoms in total. The highest BCUT2D eigenvalue weighted by Gasteiger charge is 2.12. The Labute approximate surface area is 106 Å². The van der Waals surface area contributed by atoms with Gasteiger partial charge in [0.05, 0.1) is 15.4 Å². The standard InChI is InChI=1S/C12H9NS3/c13-9-4-7-16-12(9)11-8(3-6-15-11)10-2-1-5-14-10/h1-7H,13H2. The number of rotatable bonds is 2. The van der Waals surface area contributed by atoms with E-state index in [1.807, 2.05) is 11.4 Å². The van der Waals surface area contributed by atoms with Crippen molar-refractivity contribution in [2.24, 2.45) is 0 Å². The van der Waals surface area contributed by atoms with Crippen LogP contribution >= 0.6 is 34.0 Å². The summed E-state index contributed by atoms with van der Waals surface area (Å²) in [4.78, 5) is 3.79. The van der Waals surface area contributed by atoms with Crippen molar-refractivity contribution in [3.63, 3.8) is 0 Å². The van der Waals surface area contributed by atoms with Crippen LogP contribution in [0.2, 0.25) is 0 Å². The summed E-state index contributed by atoms with van der Waals surface area (Å²) < 4.78 is 0. The van der Waals surface area contributed by atoms with Gasteiger partial charge in [0.2, 0.25) is 0 Å². The molecule has 3 heterocycles. The van der Waals surface area contributed by atoms with E-state index < -0.39 is 0 Å². The molecule has 0 fully saturated rings. The molecule has 4 heteroatoms. The number of hydrogen-bond donors (Lipinski definition) is 1. The van der Waals surface area contributed by atoms with Crippen molar-refractivity contribution in [2.45, 2.75) is 0 Å². The summed E-state index contributed by atoms with van der Waals surface area (Å²) in [6.07, 6.45) is 0. The largest absolute Gasteiger partial charge is 0.398 e. The first-order valence-electron chi connectivity index (χ1n) is 4.81. The lowest BCUT2D eigenvalue weighted by Crippen LogP contribution is -1.82. The van der Waals surface area contributed by atoms with E-state index in [9.17, 15) is 0 Å².